The summed E-state index contributed by atoms with van der Waals surface area (Å²) in [4.78, 5) is 27.4. The van der Waals surface area contributed by atoms with Crippen molar-refractivity contribution in [3.05, 3.63) is 52.5 Å². The summed E-state index contributed by atoms with van der Waals surface area (Å²) in [5.41, 5.74) is 1.90. The largest absolute Gasteiger partial charge is 0.490 e. The molecule has 2 aliphatic heterocycles. The minimum absolute atomic E-state index is 0.357. The predicted octanol–water partition coefficient (Wildman–Crippen LogP) is 4.26. The predicted molar refractivity (Wildman–Crippen MR) is 119 cm³/mol. The van der Waals surface area contributed by atoms with Crippen LogP contribution in [0.4, 0.5) is 26.3 Å². The van der Waals surface area contributed by atoms with Gasteiger partial charge in [-0.1, -0.05) is 30.3 Å². The Morgan fingerprint density at radius 2 is 1.56 bits per heavy atom. The molecule has 0 spiro atoms. The van der Waals surface area contributed by atoms with Crippen molar-refractivity contribution in [3.8, 4) is 0 Å². The molecule has 14 heteroatoms. The number of aromatic nitrogens is 1. The molecular formula is C22H25F6N3O4S. The highest BCUT2D eigenvalue weighted by atomic mass is 32.1. The Morgan fingerprint density at radius 3 is 2.03 bits per heavy atom. The number of aliphatic carboxylic acids is 2. The van der Waals surface area contributed by atoms with Crippen LogP contribution < -0.4 is 0 Å². The Balaban J connectivity index is 0.000000271. The number of alkyl halides is 6. The van der Waals surface area contributed by atoms with Crippen molar-refractivity contribution >= 4 is 23.3 Å². The molecule has 0 saturated carbocycles. The number of fused-ring (bicyclic) bond motifs is 1. The molecule has 0 amide bonds. The minimum Gasteiger partial charge on any atom is -0.475 e. The summed E-state index contributed by atoms with van der Waals surface area (Å²) >= 11 is 1.77. The maximum absolute atomic E-state index is 10.6. The Hall–Kier alpha value is -2.71. The zero-order chi connectivity index (χ0) is 27.1. The van der Waals surface area contributed by atoms with E-state index < -0.39 is 24.3 Å². The smallest absolute Gasteiger partial charge is 0.475 e. The third kappa shape index (κ3) is 7.90. The number of likely N-dealkylation sites (N-methyl/N-ethyl adjacent to an activating group) is 1. The summed E-state index contributed by atoms with van der Waals surface area (Å²) < 4.78 is 63.5. The molecule has 2 N–H and O–H groups in total. The molecule has 2 atom stereocenters. The fraction of sp³-hybridized carbons (Fsp3) is 0.500. The first kappa shape index (κ1) is 29.5. The van der Waals surface area contributed by atoms with Crippen molar-refractivity contribution < 1.29 is 46.1 Å². The highest BCUT2D eigenvalue weighted by Gasteiger charge is 2.49. The lowest BCUT2D eigenvalue weighted by molar-refractivity contribution is -0.193. The molecule has 2 aliphatic rings. The fourth-order valence-corrected chi connectivity index (χ4v) is 4.99. The summed E-state index contributed by atoms with van der Waals surface area (Å²) in [5, 5.41) is 17.6. The lowest BCUT2D eigenvalue weighted by atomic mass is 9.69. The number of nitrogens with zero attached hydrogens (tertiary/aromatic N) is 3. The number of thiazole rings is 1. The van der Waals surface area contributed by atoms with Crippen LogP contribution in [0.15, 0.2) is 41.9 Å². The molecule has 0 aliphatic carbocycles. The van der Waals surface area contributed by atoms with Gasteiger partial charge in [0.1, 0.15) is 5.01 Å². The van der Waals surface area contributed by atoms with Crippen LogP contribution in [0.2, 0.25) is 0 Å². The van der Waals surface area contributed by atoms with Gasteiger partial charge in [0.2, 0.25) is 0 Å². The number of likely N-dealkylation sites (tertiary alicyclic amines) is 2. The van der Waals surface area contributed by atoms with Gasteiger partial charge < -0.3 is 15.1 Å². The highest BCUT2D eigenvalue weighted by Crippen LogP contribution is 2.45. The number of rotatable bonds is 3. The van der Waals surface area contributed by atoms with Crippen LogP contribution >= 0.6 is 11.3 Å². The number of carbonyl (C=O) groups is 2. The van der Waals surface area contributed by atoms with E-state index in [9.17, 15) is 26.3 Å². The Kier molecular flexibility index (Phi) is 9.85. The topological polar surface area (TPSA) is 94.0 Å². The standard InChI is InChI=1S/C18H23N3S.2C2HF3O2/c1-20-10-7-18(15-5-3-2-4-6-15)8-11-21(13-16(18)20)14-17-19-9-12-22-17;2*3-2(4,5)1(6)7/h2-6,9,12,16H,7-8,10-11,13-14H2,1H3;2*(H,6,7). The van der Waals surface area contributed by atoms with Gasteiger partial charge in [0.05, 0.1) is 6.54 Å². The lowest BCUT2D eigenvalue weighted by Gasteiger charge is -2.46. The second kappa shape index (κ2) is 12.0. The van der Waals surface area contributed by atoms with Crippen LogP contribution in [0.25, 0.3) is 0 Å². The van der Waals surface area contributed by atoms with Crippen LogP contribution in [0.1, 0.15) is 23.4 Å². The normalized spacial score (nSPS) is 22.5. The van der Waals surface area contributed by atoms with Crippen LogP contribution in [0.3, 0.4) is 0 Å². The van der Waals surface area contributed by atoms with E-state index in [0.717, 1.165) is 13.1 Å². The third-order valence-electron chi connectivity index (χ3n) is 6.06. The van der Waals surface area contributed by atoms with Gasteiger partial charge in [-0.05, 0) is 38.5 Å². The number of benzene rings is 1. The Bertz CT molecular complexity index is 964. The molecule has 2 fully saturated rings. The molecule has 2 aromatic rings. The quantitative estimate of drug-likeness (QED) is 0.561. The van der Waals surface area contributed by atoms with Crippen molar-refractivity contribution in [3.63, 3.8) is 0 Å². The Morgan fingerprint density at radius 1 is 1.03 bits per heavy atom. The van der Waals surface area contributed by atoms with Crippen molar-refractivity contribution in [2.24, 2.45) is 0 Å². The molecule has 200 valence electrons. The molecule has 4 rings (SSSR count). The van der Waals surface area contributed by atoms with Gasteiger partial charge in [0.15, 0.2) is 0 Å². The average molecular weight is 542 g/mol. The average Bonchev–Trinajstić information content (AvgIpc) is 3.43. The SMILES string of the molecule is CN1CCC2(c3ccccc3)CCN(Cc3nccs3)CC12.O=C(O)C(F)(F)F.O=C(O)C(F)(F)F. The highest BCUT2D eigenvalue weighted by molar-refractivity contribution is 7.09. The van der Waals surface area contributed by atoms with Crippen molar-refractivity contribution in [2.75, 3.05) is 26.7 Å². The zero-order valence-electron chi connectivity index (χ0n) is 19.1. The first-order valence-corrected chi connectivity index (χ1v) is 11.5. The molecule has 36 heavy (non-hydrogen) atoms. The van der Waals surface area contributed by atoms with Gasteiger partial charge in [0, 0.05) is 29.6 Å². The van der Waals surface area contributed by atoms with Gasteiger partial charge in [-0.3, -0.25) is 4.90 Å². The monoisotopic (exact) mass is 541 g/mol. The number of carboxylic acid groups (broad SMARTS) is 2. The summed E-state index contributed by atoms with van der Waals surface area (Å²) in [7, 11) is 2.29. The van der Waals surface area contributed by atoms with E-state index in [1.807, 2.05) is 6.20 Å². The number of halogens is 6. The fourth-order valence-electron chi connectivity index (χ4n) is 4.34. The van der Waals surface area contributed by atoms with E-state index in [-0.39, 0.29) is 0 Å². The molecular weight excluding hydrogens is 516 g/mol. The second-order valence-corrected chi connectivity index (χ2v) is 9.26. The van der Waals surface area contributed by atoms with E-state index in [0.29, 0.717) is 11.5 Å². The molecule has 3 heterocycles. The Labute approximate surface area is 207 Å². The summed E-state index contributed by atoms with van der Waals surface area (Å²) in [6, 6.07) is 11.8. The van der Waals surface area contributed by atoms with Crippen LogP contribution in [-0.2, 0) is 21.5 Å². The van der Waals surface area contributed by atoms with Crippen LogP contribution in [0, 0.1) is 0 Å². The van der Waals surface area contributed by atoms with Crippen molar-refractivity contribution in [1.82, 2.24) is 14.8 Å². The third-order valence-corrected chi connectivity index (χ3v) is 6.83. The summed E-state index contributed by atoms with van der Waals surface area (Å²) in [5.74, 6) is -5.51. The van der Waals surface area contributed by atoms with Gasteiger partial charge in [-0.25, -0.2) is 14.6 Å². The minimum atomic E-state index is -5.08. The molecule has 1 aromatic heterocycles. The number of carboxylic acids is 2. The number of piperidine rings is 1. The maximum atomic E-state index is 10.6. The summed E-state index contributed by atoms with van der Waals surface area (Å²) in [6.45, 7) is 4.56. The molecule has 0 radical (unpaired) electrons. The van der Waals surface area contributed by atoms with E-state index in [1.54, 1.807) is 16.9 Å². The van der Waals surface area contributed by atoms with Gasteiger partial charge in [0.25, 0.3) is 0 Å². The molecule has 0 bridgehead atoms. The van der Waals surface area contributed by atoms with E-state index >= 15 is 0 Å². The second-order valence-electron chi connectivity index (χ2n) is 8.29. The van der Waals surface area contributed by atoms with E-state index in [1.165, 1.54) is 30.9 Å². The van der Waals surface area contributed by atoms with E-state index in [4.69, 9.17) is 19.8 Å². The van der Waals surface area contributed by atoms with E-state index in [2.05, 4.69) is 57.5 Å². The molecule has 2 unspecified atom stereocenters. The molecule has 2 saturated heterocycles. The first-order valence-electron chi connectivity index (χ1n) is 10.6. The molecule has 7 nitrogen and oxygen atoms in total. The van der Waals surface area contributed by atoms with Gasteiger partial charge >= 0.3 is 24.3 Å². The zero-order valence-corrected chi connectivity index (χ0v) is 19.9. The van der Waals surface area contributed by atoms with Gasteiger partial charge in [-0.15, -0.1) is 11.3 Å². The van der Waals surface area contributed by atoms with Crippen LogP contribution in [0.5, 0.6) is 0 Å². The number of hydrogen-bond acceptors (Lipinski definition) is 6. The van der Waals surface area contributed by atoms with Crippen molar-refractivity contribution in [2.45, 2.75) is 43.2 Å². The summed E-state index contributed by atoms with van der Waals surface area (Å²) in [6.07, 6.45) is -5.69. The molecule has 1 aromatic carbocycles. The maximum Gasteiger partial charge on any atom is 0.490 e. The number of hydrogen-bond donors (Lipinski definition) is 2. The van der Waals surface area contributed by atoms with Crippen LogP contribution in [-0.4, -0.2) is 82.0 Å². The first-order chi connectivity index (χ1) is 16.7. The lowest BCUT2D eigenvalue weighted by Crippen LogP contribution is -2.54. The van der Waals surface area contributed by atoms with Gasteiger partial charge in [-0.2, -0.15) is 26.3 Å². The van der Waals surface area contributed by atoms with Crippen molar-refractivity contribution in [1.29, 1.82) is 0 Å².